The van der Waals surface area contributed by atoms with E-state index in [4.69, 9.17) is 4.42 Å². The summed E-state index contributed by atoms with van der Waals surface area (Å²) in [5.74, 6) is 0.690. The topological polar surface area (TPSA) is 38.4 Å². The predicted octanol–water partition coefficient (Wildman–Crippen LogP) is 8.13. The predicted molar refractivity (Wildman–Crippen MR) is 140 cm³/mol. The van der Waals surface area contributed by atoms with Crippen LogP contribution in [0.15, 0.2) is 76.3 Å². The Morgan fingerprint density at radius 2 is 1.91 bits per heavy atom. The number of allylic oxidation sites excluding steroid dienone is 4. The number of hydrogen-bond donors (Lipinski definition) is 0. The highest BCUT2D eigenvalue weighted by atomic mass is 16.3. The van der Waals surface area contributed by atoms with Crippen molar-refractivity contribution < 1.29 is 4.42 Å². The highest BCUT2D eigenvalue weighted by molar-refractivity contribution is 6.08. The van der Waals surface area contributed by atoms with Crippen molar-refractivity contribution in [1.29, 1.82) is 0 Å². The van der Waals surface area contributed by atoms with Crippen LogP contribution in [0.25, 0.3) is 33.2 Å². The van der Waals surface area contributed by atoms with Crippen molar-refractivity contribution >= 4 is 39.4 Å². The zero-order valence-electron chi connectivity index (χ0n) is 19.6. The van der Waals surface area contributed by atoms with E-state index in [2.05, 4.69) is 78.4 Å². The number of benzene rings is 2. The summed E-state index contributed by atoms with van der Waals surface area (Å²) in [5, 5.41) is 2.16. The molecule has 3 heteroatoms. The molecule has 0 unspecified atom stereocenters. The second-order valence-electron chi connectivity index (χ2n) is 9.06. The standard InChI is InChI=1S/C30H30N2O/c1-20-13-14-26-27-12-7-16-32-30(27)33-29(26)28(20)21(2)18-25(15-17-31-3)24-11-6-10-23(19-24)22-8-4-5-9-22/h6-7,10-19,22H,4-5,8-9H2,1-3H3/b21-18+,25-15+,31-17?. The average Bonchev–Trinajstić information content (AvgIpc) is 3.50. The van der Waals surface area contributed by atoms with Crippen LogP contribution in [0.4, 0.5) is 0 Å². The third kappa shape index (κ3) is 4.16. The number of pyridine rings is 1. The maximum Gasteiger partial charge on any atom is 0.227 e. The largest absolute Gasteiger partial charge is 0.437 e. The number of aliphatic imine (C=N–C) groups is 1. The van der Waals surface area contributed by atoms with Gasteiger partial charge in [-0.2, -0.15) is 0 Å². The molecule has 0 radical (unpaired) electrons. The van der Waals surface area contributed by atoms with Gasteiger partial charge in [-0.1, -0.05) is 55.3 Å². The van der Waals surface area contributed by atoms with Crippen molar-refractivity contribution in [3.8, 4) is 0 Å². The lowest BCUT2D eigenvalue weighted by Crippen LogP contribution is -1.94. The minimum Gasteiger partial charge on any atom is -0.437 e. The van der Waals surface area contributed by atoms with Gasteiger partial charge < -0.3 is 4.42 Å². The summed E-state index contributed by atoms with van der Waals surface area (Å²) in [5.41, 5.74) is 8.93. The highest BCUT2D eigenvalue weighted by Gasteiger charge is 2.18. The number of fused-ring (bicyclic) bond motifs is 3. The molecule has 1 fully saturated rings. The first kappa shape index (κ1) is 21.4. The van der Waals surface area contributed by atoms with Crippen molar-refractivity contribution in [3.63, 3.8) is 0 Å². The first-order valence-electron chi connectivity index (χ1n) is 11.8. The molecule has 1 saturated carbocycles. The SMILES string of the molecule is CN=C/C=C(\C=C(/C)c1c(C)ccc2c1oc1ncccc12)c1cccc(C2CCCC2)c1. The van der Waals surface area contributed by atoms with Crippen LogP contribution in [0, 0.1) is 6.92 Å². The molecule has 0 atom stereocenters. The van der Waals surface area contributed by atoms with Crippen LogP contribution in [0.5, 0.6) is 0 Å². The molecule has 2 aromatic heterocycles. The zero-order valence-corrected chi connectivity index (χ0v) is 19.6. The molecule has 2 heterocycles. The normalized spacial score (nSPS) is 16.0. The summed E-state index contributed by atoms with van der Waals surface area (Å²) in [4.78, 5) is 8.65. The molecule has 166 valence electrons. The molecule has 5 rings (SSSR count). The van der Waals surface area contributed by atoms with Crippen molar-refractivity contribution in [1.82, 2.24) is 4.98 Å². The van der Waals surface area contributed by atoms with E-state index in [0.717, 1.165) is 27.5 Å². The number of aromatic nitrogens is 1. The molecule has 1 aliphatic rings. The summed E-state index contributed by atoms with van der Waals surface area (Å²) < 4.78 is 6.24. The maximum atomic E-state index is 6.24. The lowest BCUT2D eigenvalue weighted by molar-refractivity contribution is 0.652. The number of aryl methyl sites for hydroxylation is 1. The highest BCUT2D eigenvalue weighted by Crippen LogP contribution is 2.37. The van der Waals surface area contributed by atoms with E-state index in [1.54, 1.807) is 6.20 Å². The molecular weight excluding hydrogens is 404 g/mol. The molecule has 4 aromatic rings. The molecule has 0 bridgehead atoms. The monoisotopic (exact) mass is 434 g/mol. The first-order valence-corrected chi connectivity index (χ1v) is 11.8. The maximum absolute atomic E-state index is 6.24. The number of furan rings is 1. The Kier molecular flexibility index (Phi) is 5.95. The number of hydrogen-bond acceptors (Lipinski definition) is 3. The van der Waals surface area contributed by atoms with E-state index in [0.29, 0.717) is 11.6 Å². The second kappa shape index (κ2) is 9.19. The summed E-state index contributed by atoms with van der Waals surface area (Å²) >= 11 is 0. The quantitative estimate of drug-likeness (QED) is 0.235. The third-order valence-corrected chi connectivity index (χ3v) is 6.84. The molecule has 0 N–H and O–H groups in total. The fraction of sp³-hybridized carbons (Fsp3) is 0.267. The fourth-order valence-corrected chi connectivity index (χ4v) is 5.18. The van der Waals surface area contributed by atoms with E-state index in [1.807, 2.05) is 19.3 Å². The lowest BCUT2D eigenvalue weighted by atomic mass is 9.92. The first-order chi connectivity index (χ1) is 16.2. The second-order valence-corrected chi connectivity index (χ2v) is 9.06. The molecule has 0 aliphatic heterocycles. The van der Waals surface area contributed by atoms with Gasteiger partial charge in [-0.05, 0) is 78.7 Å². The van der Waals surface area contributed by atoms with Gasteiger partial charge in [0.1, 0.15) is 5.58 Å². The van der Waals surface area contributed by atoms with Crippen molar-refractivity contribution in [3.05, 3.63) is 89.1 Å². The third-order valence-electron chi connectivity index (χ3n) is 6.84. The van der Waals surface area contributed by atoms with Crippen LogP contribution < -0.4 is 0 Å². The number of rotatable bonds is 5. The van der Waals surface area contributed by atoms with E-state index >= 15 is 0 Å². The molecular formula is C30H30N2O. The molecule has 0 amide bonds. The van der Waals surface area contributed by atoms with Gasteiger partial charge in [0.25, 0.3) is 0 Å². The van der Waals surface area contributed by atoms with Crippen LogP contribution in [0.2, 0.25) is 0 Å². The zero-order chi connectivity index (χ0) is 22.8. The summed E-state index contributed by atoms with van der Waals surface area (Å²) in [6.45, 7) is 4.31. The van der Waals surface area contributed by atoms with Gasteiger partial charge in [0.15, 0.2) is 0 Å². The Labute approximate surface area is 195 Å². The van der Waals surface area contributed by atoms with Gasteiger partial charge in [0.2, 0.25) is 5.71 Å². The van der Waals surface area contributed by atoms with E-state index in [1.165, 1.54) is 47.9 Å². The number of nitrogens with zero attached hydrogens (tertiary/aromatic N) is 2. The van der Waals surface area contributed by atoms with Gasteiger partial charge in [-0.15, -0.1) is 0 Å². The van der Waals surface area contributed by atoms with Crippen molar-refractivity contribution in [2.75, 3.05) is 7.05 Å². The van der Waals surface area contributed by atoms with Gasteiger partial charge in [-0.3, -0.25) is 4.99 Å². The molecule has 1 aliphatic carbocycles. The lowest BCUT2D eigenvalue weighted by Gasteiger charge is -2.13. The summed E-state index contributed by atoms with van der Waals surface area (Å²) in [6.07, 6.45) is 13.3. The van der Waals surface area contributed by atoms with Crippen molar-refractivity contribution in [2.45, 2.75) is 45.4 Å². The fourth-order valence-electron chi connectivity index (χ4n) is 5.18. The Hall–Kier alpha value is -3.46. The van der Waals surface area contributed by atoms with Crippen LogP contribution in [-0.2, 0) is 0 Å². The van der Waals surface area contributed by atoms with Gasteiger partial charge in [0, 0.05) is 35.8 Å². The van der Waals surface area contributed by atoms with Crippen LogP contribution in [-0.4, -0.2) is 18.2 Å². The molecule has 2 aromatic carbocycles. The van der Waals surface area contributed by atoms with Gasteiger partial charge in [-0.25, -0.2) is 4.98 Å². The molecule has 33 heavy (non-hydrogen) atoms. The Morgan fingerprint density at radius 3 is 2.73 bits per heavy atom. The van der Waals surface area contributed by atoms with Crippen LogP contribution in [0.1, 0.15) is 60.8 Å². The molecule has 3 nitrogen and oxygen atoms in total. The Bertz CT molecular complexity index is 1400. The van der Waals surface area contributed by atoms with Crippen LogP contribution >= 0.6 is 0 Å². The van der Waals surface area contributed by atoms with Gasteiger partial charge >= 0.3 is 0 Å². The van der Waals surface area contributed by atoms with Crippen molar-refractivity contribution in [2.24, 2.45) is 4.99 Å². The molecule has 0 saturated heterocycles. The van der Waals surface area contributed by atoms with E-state index in [9.17, 15) is 0 Å². The van der Waals surface area contributed by atoms with Gasteiger partial charge in [0.05, 0.1) is 0 Å². The van der Waals surface area contributed by atoms with E-state index < -0.39 is 0 Å². The molecule has 0 spiro atoms. The van der Waals surface area contributed by atoms with E-state index in [-0.39, 0.29) is 0 Å². The van der Waals surface area contributed by atoms with Crippen LogP contribution in [0.3, 0.4) is 0 Å². The Balaban J connectivity index is 1.62. The summed E-state index contributed by atoms with van der Waals surface area (Å²) in [7, 11) is 1.81. The minimum absolute atomic E-state index is 0.685. The average molecular weight is 435 g/mol. The summed E-state index contributed by atoms with van der Waals surface area (Å²) in [6, 6.07) is 17.4. The minimum atomic E-state index is 0.685. The smallest absolute Gasteiger partial charge is 0.227 e. The Morgan fingerprint density at radius 1 is 1.06 bits per heavy atom.